The minimum atomic E-state index is 0.891. The summed E-state index contributed by atoms with van der Waals surface area (Å²) in [5.74, 6) is 0. The first-order chi connectivity index (χ1) is 9.35. The van der Waals surface area contributed by atoms with E-state index in [1.165, 1.54) is 0 Å². The zero-order valence-corrected chi connectivity index (χ0v) is 10.8. The number of allylic oxidation sites excluding steroid dienone is 1. The fourth-order valence-corrected chi connectivity index (χ4v) is 1.81. The van der Waals surface area contributed by atoms with E-state index >= 15 is 0 Å². The van der Waals surface area contributed by atoms with Gasteiger partial charge in [-0.1, -0.05) is 30.3 Å². The van der Waals surface area contributed by atoms with Crippen molar-refractivity contribution in [2.45, 2.75) is 0 Å². The fourth-order valence-electron chi connectivity index (χ4n) is 1.81. The molecule has 0 amide bonds. The van der Waals surface area contributed by atoms with Gasteiger partial charge in [-0.25, -0.2) is 0 Å². The highest BCUT2D eigenvalue weighted by Gasteiger charge is 2.02. The van der Waals surface area contributed by atoms with Crippen molar-refractivity contribution in [3.8, 4) is 11.1 Å². The van der Waals surface area contributed by atoms with Crippen LogP contribution in [-0.4, -0.2) is 25.0 Å². The maximum Gasteiger partial charge on any atom is 0.0355 e. The van der Waals surface area contributed by atoms with Crippen LogP contribution in [0.3, 0.4) is 0 Å². The maximum absolute atomic E-state index is 4.28. The molecule has 3 nitrogen and oxygen atoms in total. The monoisotopic (exact) mass is 249 g/mol. The van der Waals surface area contributed by atoms with Gasteiger partial charge in [-0.15, -0.1) is 0 Å². The van der Waals surface area contributed by atoms with Gasteiger partial charge in [0.25, 0.3) is 0 Å². The quantitative estimate of drug-likeness (QED) is 0.764. The molecule has 94 valence electrons. The Bertz CT molecular complexity index is 613. The molecule has 1 heterocycles. The van der Waals surface area contributed by atoms with Crippen molar-refractivity contribution in [1.29, 1.82) is 0 Å². The molecule has 0 N–H and O–H groups in total. The van der Waals surface area contributed by atoms with Gasteiger partial charge in [0, 0.05) is 48.6 Å². The minimum absolute atomic E-state index is 0.891. The zero-order chi connectivity index (χ0) is 13.5. The standard InChI is InChI=1S/C16H15N3/c1-17-9-16(10-18-2)15-8-14(11-19-12-15)13-6-4-3-5-7-13/h3-12H,1H2,2H3/b16-9+,18-10-. The Morgan fingerprint density at radius 2 is 1.95 bits per heavy atom. The van der Waals surface area contributed by atoms with Crippen molar-refractivity contribution < 1.29 is 0 Å². The Kier molecular flexibility index (Phi) is 4.34. The van der Waals surface area contributed by atoms with E-state index in [1.807, 2.05) is 24.4 Å². The Labute approximate surface area is 113 Å². The van der Waals surface area contributed by atoms with Gasteiger partial charge in [0.05, 0.1) is 0 Å². The molecule has 0 bridgehead atoms. The summed E-state index contributed by atoms with van der Waals surface area (Å²) < 4.78 is 0. The summed E-state index contributed by atoms with van der Waals surface area (Å²) in [5.41, 5.74) is 4.07. The summed E-state index contributed by atoms with van der Waals surface area (Å²) in [6, 6.07) is 12.2. The first-order valence-electron chi connectivity index (χ1n) is 5.94. The summed E-state index contributed by atoms with van der Waals surface area (Å²) in [4.78, 5) is 12.1. The highest BCUT2D eigenvalue weighted by molar-refractivity contribution is 6.09. The molecule has 0 fully saturated rings. The molecular formula is C16H15N3. The number of rotatable bonds is 4. The molecule has 0 aliphatic carbocycles. The van der Waals surface area contributed by atoms with Crippen LogP contribution in [0.4, 0.5) is 0 Å². The predicted octanol–water partition coefficient (Wildman–Crippen LogP) is 3.49. The Hall–Kier alpha value is -2.55. The predicted molar refractivity (Wildman–Crippen MR) is 81.6 cm³/mol. The summed E-state index contributed by atoms with van der Waals surface area (Å²) in [7, 11) is 1.73. The van der Waals surface area contributed by atoms with E-state index in [1.54, 1.807) is 25.7 Å². The third kappa shape index (κ3) is 3.22. The number of hydrogen-bond donors (Lipinski definition) is 0. The molecule has 3 heteroatoms. The van der Waals surface area contributed by atoms with Crippen LogP contribution >= 0.6 is 0 Å². The van der Waals surface area contributed by atoms with Gasteiger partial charge in [0.1, 0.15) is 0 Å². The van der Waals surface area contributed by atoms with Gasteiger partial charge in [0.2, 0.25) is 0 Å². The molecular weight excluding hydrogens is 234 g/mol. The summed E-state index contributed by atoms with van der Waals surface area (Å²) in [6.07, 6.45) is 7.07. The Balaban J connectivity index is 2.44. The lowest BCUT2D eigenvalue weighted by atomic mass is 10.0. The van der Waals surface area contributed by atoms with Crippen LogP contribution in [0, 0.1) is 0 Å². The maximum atomic E-state index is 4.28. The number of aliphatic imine (C=N–C) groups is 2. The molecule has 1 aromatic heterocycles. The molecule has 0 saturated heterocycles. The van der Waals surface area contributed by atoms with Crippen LogP contribution in [0.15, 0.2) is 65.0 Å². The lowest BCUT2D eigenvalue weighted by molar-refractivity contribution is 1.31. The molecule has 2 aromatic rings. The van der Waals surface area contributed by atoms with Crippen LogP contribution < -0.4 is 0 Å². The second-order valence-corrected chi connectivity index (χ2v) is 3.98. The number of hydrogen-bond acceptors (Lipinski definition) is 3. The SMILES string of the molecule is C=N/C=C(\C=N/C)c1cncc(-c2ccccc2)c1. The topological polar surface area (TPSA) is 37.6 Å². The van der Waals surface area contributed by atoms with Crippen LogP contribution in [0.25, 0.3) is 16.7 Å². The molecule has 2 rings (SSSR count). The van der Waals surface area contributed by atoms with E-state index in [0.717, 1.165) is 22.3 Å². The largest absolute Gasteiger partial charge is 0.296 e. The molecule has 1 aromatic carbocycles. The molecule has 0 unspecified atom stereocenters. The second kappa shape index (κ2) is 6.40. The van der Waals surface area contributed by atoms with Crippen molar-refractivity contribution in [3.05, 3.63) is 60.6 Å². The molecule has 19 heavy (non-hydrogen) atoms. The van der Waals surface area contributed by atoms with Crippen molar-refractivity contribution in [3.63, 3.8) is 0 Å². The molecule has 0 saturated carbocycles. The number of aromatic nitrogens is 1. The molecule has 0 spiro atoms. The van der Waals surface area contributed by atoms with E-state index in [0.29, 0.717) is 0 Å². The third-order valence-electron chi connectivity index (χ3n) is 2.68. The van der Waals surface area contributed by atoms with E-state index in [-0.39, 0.29) is 0 Å². The third-order valence-corrected chi connectivity index (χ3v) is 2.68. The lowest BCUT2D eigenvalue weighted by Gasteiger charge is -2.05. The summed E-state index contributed by atoms with van der Waals surface area (Å²) in [6.45, 7) is 3.48. The van der Waals surface area contributed by atoms with Gasteiger partial charge in [-0.3, -0.25) is 15.0 Å². The Morgan fingerprint density at radius 1 is 1.16 bits per heavy atom. The minimum Gasteiger partial charge on any atom is -0.296 e. The number of nitrogens with zero attached hydrogens (tertiary/aromatic N) is 3. The highest BCUT2D eigenvalue weighted by Crippen LogP contribution is 2.21. The van der Waals surface area contributed by atoms with Gasteiger partial charge in [-0.05, 0) is 18.3 Å². The van der Waals surface area contributed by atoms with Crippen molar-refractivity contribution in [1.82, 2.24) is 4.98 Å². The van der Waals surface area contributed by atoms with Gasteiger partial charge >= 0.3 is 0 Å². The van der Waals surface area contributed by atoms with E-state index in [4.69, 9.17) is 0 Å². The molecule has 0 radical (unpaired) electrons. The second-order valence-electron chi connectivity index (χ2n) is 3.98. The Morgan fingerprint density at radius 3 is 2.63 bits per heavy atom. The normalized spacial score (nSPS) is 11.7. The van der Waals surface area contributed by atoms with Gasteiger partial charge in [-0.2, -0.15) is 0 Å². The number of benzene rings is 1. The average Bonchev–Trinajstić information content (AvgIpc) is 2.48. The van der Waals surface area contributed by atoms with E-state index < -0.39 is 0 Å². The zero-order valence-electron chi connectivity index (χ0n) is 10.8. The molecule has 0 aliphatic heterocycles. The average molecular weight is 249 g/mol. The molecule has 0 aliphatic rings. The molecule has 0 atom stereocenters. The van der Waals surface area contributed by atoms with Crippen molar-refractivity contribution in [2.75, 3.05) is 7.05 Å². The van der Waals surface area contributed by atoms with Crippen molar-refractivity contribution >= 4 is 18.5 Å². The van der Waals surface area contributed by atoms with Crippen molar-refractivity contribution in [2.24, 2.45) is 9.98 Å². The first-order valence-corrected chi connectivity index (χ1v) is 5.94. The van der Waals surface area contributed by atoms with Crippen LogP contribution in [0.5, 0.6) is 0 Å². The smallest absolute Gasteiger partial charge is 0.0355 e. The van der Waals surface area contributed by atoms with Crippen LogP contribution in [0.2, 0.25) is 0 Å². The van der Waals surface area contributed by atoms with Gasteiger partial charge < -0.3 is 0 Å². The first kappa shape index (κ1) is 12.9. The van der Waals surface area contributed by atoms with Gasteiger partial charge in [0.15, 0.2) is 0 Å². The summed E-state index contributed by atoms with van der Waals surface area (Å²) in [5, 5.41) is 0. The highest BCUT2D eigenvalue weighted by atomic mass is 14.7. The van der Waals surface area contributed by atoms with Crippen LogP contribution in [-0.2, 0) is 0 Å². The fraction of sp³-hybridized carbons (Fsp3) is 0.0625. The van der Waals surface area contributed by atoms with Crippen LogP contribution in [0.1, 0.15) is 5.56 Å². The van der Waals surface area contributed by atoms with E-state index in [2.05, 4.69) is 39.9 Å². The summed E-state index contributed by atoms with van der Waals surface area (Å²) >= 11 is 0. The lowest BCUT2D eigenvalue weighted by Crippen LogP contribution is -1.89. The van der Waals surface area contributed by atoms with E-state index in [9.17, 15) is 0 Å². The number of pyridine rings is 1.